The molecule has 0 aliphatic carbocycles. The molecule has 4 N–H and O–H groups in total. The molecule has 0 fully saturated rings. The van der Waals surface area contributed by atoms with E-state index >= 15 is 0 Å². The van der Waals surface area contributed by atoms with E-state index in [0.717, 1.165) is 17.5 Å². The van der Waals surface area contributed by atoms with Crippen molar-refractivity contribution in [3.8, 4) is 11.1 Å². The zero-order valence-corrected chi connectivity index (χ0v) is 11.3. The molecule has 5 nitrogen and oxygen atoms in total. The molecule has 1 heterocycles. The number of halogens is 1. The highest BCUT2D eigenvalue weighted by Gasteiger charge is 2.03. The molecule has 102 valence electrons. The maximum atomic E-state index is 10.8. The second kappa shape index (κ2) is 6.92. The molecule has 0 atom stereocenters. The summed E-state index contributed by atoms with van der Waals surface area (Å²) in [5, 5.41) is 4.09. The van der Waals surface area contributed by atoms with Crippen LogP contribution in [-0.2, 0) is 17.8 Å². The van der Waals surface area contributed by atoms with Gasteiger partial charge in [-0.1, -0.05) is 24.3 Å². The summed E-state index contributed by atoms with van der Waals surface area (Å²) in [6.45, 7) is 0.751. The van der Waals surface area contributed by atoms with E-state index in [0.29, 0.717) is 6.54 Å². The topological polar surface area (TPSA) is 86.9 Å². The fourth-order valence-electron chi connectivity index (χ4n) is 1.79. The van der Waals surface area contributed by atoms with Gasteiger partial charge >= 0.3 is 0 Å². The summed E-state index contributed by atoms with van der Waals surface area (Å²) in [6.07, 6.45) is 4.41. The maximum absolute atomic E-state index is 10.8. The minimum absolute atomic E-state index is 0. The number of primary amides is 1. The third-order valence-electron chi connectivity index (χ3n) is 2.67. The Kier molecular flexibility index (Phi) is 5.54. The molecule has 2 rings (SSSR count). The van der Waals surface area contributed by atoms with Crippen molar-refractivity contribution in [1.29, 1.82) is 0 Å². The number of rotatable bonds is 5. The summed E-state index contributed by atoms with van der Waals surface area (Å²) in [5.41, 5.74) is 13.9. The van der Waals surface area contributed by atoms with Gasteiger partial charge in [-0.05, 0) is 24.1 Å². The number of nitrogens with zero attached hydrogens (tertiary/aromatic N) is 2. The van der Waals surface area contributed by atoms with Gasteiger partial charge in [-0.15, -0.1) is 12.4 Å². The molecule has 1 aromatic heterocycles. The van der Waals surface area contributed by atoms with E-state index in [1.807, 2.05) is 30.5 Å². The monoisotopic (exact) mass is 280 g/mol. The lowest BCUT2D eigenvalue weighted by atomic mass is 10.1. The summed E-state index contributed by atoms with van der Waals surface area (Å²) in [6, 6.07) is 8.15. The van der Waals surface area contributed by atoms with Crippen LogP contribution in [0.4, 0.5) is 0 Å². The number of aromatic nitrogens is 2. The number of amides is 1. The molecule has 1 aromatic carbocycles. The molecule has 6 heteroatoms. The van der Waals surface area contributed by atoms with Gasteiger partial charge in [0.15, 0.2) is 0 Å². The van der Waals surface area contributed by atoms with Crippen molar-refractivity contribution in [3.05, 3.63) is 42.2 Å². The zero-order valence-electron chi connectivity index (χ0n) is 10.5. The smallest absolute Gasteiger partial charge is 0.239 e. The van der Waals surface area contributed by atoms with Crippen molar-refractivity contribution in [2.75, 3.05) is 6.54 Å². The van der Waals surface area contributed by atoms with Gasteiger partial charge in [-0.2, -0.15) is 5.10 Å². The third kappa shape index (κ3) is 4.08. The molecule has 0 unspecified atom stereocenters. The van der Waals surface area contributed by atoms with Crippen LogP contribution in [-0.4, -0.2) is 22.2 Å². The van der Waals surface area contributed by atoms with Crippen LogP contribution in [0, 0.1) is 0 Å². The summed E-state index contributed by atoms with van der Waals surface area (Å²) >= 11 is 0. The SMILES string of the molecule is Cl.NCCc1ccc(-c2cnn(CC(N)=O)c2)cc1. The lowest BCUT2D eigenvalue weighted by Gasteiger charge is -2.01. The van der Waals surface area contributed by atoms with Crippen LogP contribution < -0.4 is 11.5 Å². The molecule has 0 saturated carbocycles. The van der Waals surface area contributed by atoms with Crippen molar-refractivity contribution in [2.24, 2.45) is 11.5 Å². The van der Waals surface area contributed by atoms with Crippen LogP contribution >= 0.6 is 12.4 Å². The lowest BCUT2D eigenvalue weighted by Crippen LogP contribution is -2.18. The second-order valence-electron chi connectivity index (χ2n) is 4.13. The first kappa shape index (κ1) is 15.2. The van der Waals surface area contributed by atoms with E-state index in [2.05, 4.69) is 5.10 Å². The second-order valence-corrected chi connectivity index (χ2v) is 4.13. The maximum Gasteiger partial charge on any atom is 0.239 e. The van der Waals surface area contributed by atoms with Crippen molar-refractivity contribution < 1.29 is 4.79 Å². The standard InChI is InChI=1S/C13H16N4O.ClH/c14-6-5-10-1-3-11(4-2-10)12-7-16-17(8-12)9-13(15)18;/h1-4,7-8H,5-6,9,14H2,(H2,15,18);1H. The Hall–Kier alpha value is -1.85. The highest BCUT2D eigenvalue weighted by atomic mass is 35.5. The average molecular weight is 281 g/mol. The predicted molar refractivity (Wildman–Crippen MR) is 76.9 cm³/mol. The first-order valence-electron chi connectivity index (χ1n) is 5.79. The van der Waals surface area contributed by atoms with Gasteiger partial charge in [0.2, 0.25) is 5.91 Å². The fraction of sp³-hybridized carbons (Fsp3) is 0.231. The largest absolute Gasteiger partial charge is 0.368 e. The van der Waals surface area contributed by atoms with Gasteiger partial charge < -0.3 is 11.5 Å². The van der Waals surface area contributed by atoms with Crippen LogP contribution in [0.1, 0.15) is 5.56 Å². The lowest BCUT2D eigenvalue weighted by molar-refractivity contribution is -0.118. The van der Waals surface area contributed by atoms with Gasteiger partial charge in [-0.25, -0.2) is 0 Å². The molecule has 0 radical (unpaired) electrons. The van der Waals surface area contributed by atoms with Crippen molar-refractivity contribution in [1.82, 2.24) is 9.78 Å². The van der Waals surface area contributed by atoms with Crippen LogP contribution in [0.25, 0.3) is 11.1 Å². The van der Waals surface area contributed by atoms with Gasteiger partial charge in [0.25, 0.3) is 0 Å². The van der Waals surface area contributed by atoms with Gasteiger partial charge in [0.1, 0.15) is 6.54 Å². The average Bonchev–Trinajstić information content (AvgIpc) is 2.78. The van der Waals surface area contributed by atoms with Crippen LogP contribution in [0.3, 0.4) is 0 Å². The molecular weight excluding hydrogens is 264 g/mol. The molecule has 0 spiro atoms. The minimum Gasteiger partial charge on any atom is -0.368 e. The number of hydrogen-bond acceptors (Lipinski definition) is 3. The summed E-state index contributed by atoms with van der Waals surface area (Å²) < 4.78 is 1.53. The Labute approximate surface area is 118 Å². The highest BCUT2D eigenvalue weighted by Crippen LogP contribution is 2.19. The van der Waals surface area contributed by atoms with Gasteiger partial charge in [0.05, 0.1) is 6.20 Å². The number of hydrogen-bond donors (Lipinski definition) is 2. The molecule has 0 aliphatic rings. The molecule has 2 aromatic rings. The minimum atomic E-state index is -0.400. The van der Waals surface area contributed by atoms with Crippen molar-refractivity contribution in [2.45, 2.75) is 13.0 Å². The van der Waals surface area contributed by atoms with E-state index in [-0.39, 0.29) is 19.0 Å². The van der Waals surface area contributed by atoms with Crippen LogP contribution in [0.2, 0.25) is 0 Å². The predicted octanol–water partition coefficient (Wildman–Crippen LogP) is 0.958. The molecule has 0 saturated heterocycles. The fourth-order valence-corrected chi connectivity index (χ4v) is 1.79. The number of carbonyl (C=O) groups excluding carboxylic acids is 1. The Bertz CT molecular complexity index is 536. The van der Waals surface area contributed by atoms with Crippen molar-refractivity contribution in [3.63, 3.8) is 0 Å². The first-order chi connectivity index (χ1) is 8.69. The van der Waals surface area contributed by atoms with E-state index in [4.69, 9.17) is 11.5 Å². The van der Waals surface area contributed by atoms with Crippen LogP contribution in [0.15, 0.2) is 36.7 Å². The third-order valence-corrected chi connectivity index (χ3v) is 2.67. The zero-order chi connectivity index (χ0) is 13.0. The Morgan fingerprint density at radius 3 is 2.47 bits per heavy atom. The van der Waals surface area contributed by atoms with E-state index < -0.39 is 5.91 Å². The van der Waals surface area contributed by atoms with Gasteiger partial charge in [0, 0.05) is 11.8 Å². The molecule has 1 amide bonds. The number of benzene rings is 1. The number of nitrogens with two attached hydrogens (primary N) is 2. The Morgan fingerprint density at radius 2 is 1.89 bits per heavy atom. The summed E-state index contributed by atoms with van der Waals surface area (Å²) in [4.78, 5) is 10.8. The summed E-state index contributed by atoms with van der Waals surface area (Å²) in [5.74, 6) is -0.400. The number of carbonyl (C=O) groups is 1. The quantitative estimate of drug-likeness (QED) is 0.855. The highest BCUT2D eigenvalue weighted by molar-refractivity contribution is 5.85. The Balaban J connectivity index is 0.00000180. The van der Waals surface area contributed by atoms with E-state index in [9.17, 15) is 4.79 Å². The molecule has 0 bridgehead atoms. The molecule has 0 aliphatic heterocycles. The molecular formula is C13H17ClN4O. The molecule has 19 heavy (non-hydrogen) atoms. The Morgan fingerprint density at radius 1 is 1.21 bits per heavy atom. The van der Waals surface area contributed by atoms with Gasteiger partial charge in [-0.3, -0.25) is 9.48 Å². The van der Waals surface area contributed by atoms with Crippen molar-refractivity contribution >= 4 is 18.3 Å². The normalized spacial score (nSPS) is 9.95. The summed E-state index contributed by atoms with van der Waals surface area (Å²) in [7, 11) is 0. The first-order valence-corrected chi connectivity index (χ1v) is 5.79. The van der Waals surface area contributed by atoms with E-state index in [1.165, 1.54) is 10.2 Å². The van der Waals surface area contributed by atoms with E-state index in [1.54, 1.807) is 6.20 Å². The van der Waals surface area contributed by atoms with Crippen LogP contribution in [0.5, 0.6) is 0 Å².